The highest BCUT2D eigenvalue weighted by molar-refractivity contribution is 6.06. The molecule has 0 saturated carbocycles. The van der Waals surface area contributed by atoms with E-state index < -0.39 is 18.1 Å². The van der Waals surface area contributed by atoms with Crippen LogP contribution in [-0.2, 0) is 4.79 Å². The monoisotopic (exact) mass is 428 g/mol. The summed E-state index contributed by atoms with van der Waals surface area (Å²) < 4.78 is 50.9. The van der Waals surface area contributed by atoms with E-state index in [0.29, 0.717) is 28.2 Å². The number of nitrogens with one attached hydrogen (secondary N) is 2. The normalized spacial score (nSPS) is 15.5. The van der Waals surface area contributed by atoms with E-state index in [-0.39, 0.29) is 11.4 Å². The molecule has 0 aromatic heterocycles. The Kier molecular flexibility index (Phi) is 5.22. The van der Waals surface area contributed by atoms with Crippen molar-refractivity contribution in [1.29, 1.82) is 0 Å². The SMILES string of the molecule is COc1ccccc1-c1cc2c(cc1-c1ccccc1OC)N[C@@H](C(F)(F)F)C(=O)N2. The number of anilines is 2. The second kappa shape index (κ2) is 7.86. The van der Waals surface area contributed by atoms with Crippen LogP contribution >= 0.6 is 0 Å². The molecule has 31 heavy (non-hydrogen) atoms. The Morgan fingerprint density at radius 1 is 0.774 bits per heavy atom. The molecular weight excluding hydrogens is 409 g/mol. The molecule has 3 aromatic rings. The molecule has 0 spiro atoms. The van der Waals surface area contributed by atoms with Crippen molar-refractivity contribution in [3.05, 3.63) is 60.7 Å². The highest BCUT2D eigenvalue weighted by Gasteiger charge is 2.47. The summed E-state index contributed by atoms with van der Waals surface area (Å²) in [6.07, 6.45) is -4.73. The van der Waals surface area contributed by atoms with Crippen LogP contribution in [-0.4, -0.2) is 32.3 Å². The third-order valence-corrected chi connectivity index (χ3v) is 5.10. The predicted octanol–water partition coefficient (Wildman–Crippen LogP) is 5.33. The van der Waals surface area contributed by atoms with E-state index >= 15 is 0 Å². The number of methoxy groups -OCH3 is 2. The van der Waals surface area contributed by atoms with E-state index in [9.17, 15) is 18.0 Å². The van der Waals surface area contributed by atoms with E-state index in [1.165, 1.54) is 14.2 Å². The summed E-state index contributed by atoms with van der Waals surface area (Å²) in [7, 11) is 3.06. The van der Waals surface area contributed by atoms with Crippen molar-refractivity contribution < 1.29 is 27.4 Å². The van der Waals surface area contributed by atoms with Crippen LogP contribution in [0.2, 0.25) is 0 Å². The summed E-state index contributed by atoms with van der Waals surface area (Å²) in [6, 6.07) is 15.4. The van der Waals surface area contributed by atoms with Gasteiger partial charge in [-0.05, 0) is 35.4 Å². The van der Waals surface area contributed by atoms with Crippen LogP contribution in [0, 0.1) is 0 Å². The average molecular weight is 428 g/mol. The van der Waals surface area contributed by atoms with Crippen molar-refractivity contribution in [2.45, 2.75) is 12.2 Å². The number of carbonyl (C=O) groups excluding carboxylic acids is 1. The number of ether oxygens (including phenoxy) is 2. The molecule has 0 aliphatic carbocycles. The van der Waals surface area contributed by atoms with Crippen molar-refractivity contribution in [1.82, 2.24) is 0 Å². The number of hydrogen-bond donors (Lipinski definition) is 2. The number of fused-ring (bicyclic) bond motifs is 1. The standard InChI is InChI=1S/C23H19F3N2O3/c1-30-19-9-5-3-7-13(19)15-11-17-18(28-22(29)21(27-17)23(24,25)26)12-16(15)14-8-4-6-10-20(14)31-2/h3-12,21,27H,1-2H3,(H,28,29)/t21-/m1/s1. The van der Waals surface area contributed by atoms with Crippen LogP contribution in [0.1, 0.15) is 0 Å². The van der Waals surface area contributed by atoms with Gasteiger partial charge in [0.05, 0.1) is 25.6 Å². The maximum absolute atomic E-state index is 13.3. The van der Waals surface area contributed by atoms with Crippen molar-refractivity contribution >= 4 is 17.3 Å². The number of rotatable bonds is 4. The quantitative estimate of drug-likeness (QED) is 0.590. The van der Waals surface area contributed by atoms with Gasteiger partial charge in [-0.25, -0.2) is 0 Å². The second-order valence-electron chi connectivity index (χ2n) is 6.95. The lowest BCUT2D eigenvalue weighted by atomic mass is 9.91. The summed E-state index contributed by atoms with van der Waals surface area (Å²) in [5.74, 6) is -0.0105. The summed E-state index contributed by atoms with van der Waals surface area (Å²) >= 11 is 0. The molecule has 0 saturated heterocycles. The summed E-state index contributed by atoms with van der Waals surface area (Å²) in [5.41, 5.74) is 3.14. The molecule has 1 atom stereocenters. The molecular formula is C23H19F3N2O3. The van der Waals surface area contributed by atoms with Gasteiger partial charge in [-0.3, -0.25) is 4.79 Å². The zero-order valence-electron chi connectivity index (χ0n) is 16.7. The number of hydrogen-bond acceptors (Lipinski definition) is 4. The minimum atomic E-state index is -4.73. The fraction of sp³-hybridized carbons (Fsp3) is 0.174. The number of benzene rings is 3. The highest BCUT2D eigenvalue weighted by atomic mass is 19.4. The van der Waals surface area contributed by atoms with Crippen molar-refractivity contribution in [3.8, 4) is 33.8 Å². The van der Waals surface area contributed by atoms with Gasteiger partial charge >= 0.3 is 6.18 Å². The Bertz CT molecular complexity index is 1150. The lowest BCUT2D eigenvalue weighted by Crippen LogP contribution is -2.48. The van der Waals surface area contributed by atoms with Gasteiger partial charge in [-0.15, -0.1) is 0 Å². The second-order valence-corrected chi connectivity index (χ2v) is 6.95. The molecule has 160 valence electrons. The van der Waals surface area contributed by atoms with Crippen molar-refractivity contribution in [2.24, 2.45) is 0 Å². The number of carbonyl (C=O) groups is 1. The largest absolute Gasteiger partial charge is 0.496 e. The molecule has 2 N–H and O–H groups in total. The maximum atomic E-state index is 13.3. The van der Waals surface area contributed by atoms with Gasteiger partial charge in [0.25, 0.3) is 5.91 Å². The topological polar surface area (TPSA) is 59.6 Å². The molecule has 0 radical (unpaired) electrons. The van der Waals surface area contributed by atoms with Crippen LogP contribution in [0.5, 0.6) is 11.5 Å². The smallest absolute Gasteiger partial charge is 0.417 e. The first kappa shape index (κ1) is 20.6. The minimum absolute atomic E-state index is 0.168. The molecule has 0 bridgehead atoms. The number of alkyl halides is 3. The van der Waals surface area contributed by atoms with Crippen molar-refractivity contribution in [3.63, 3.8) is 0 Å². The number of para-hydroxylation sites is 2. The molecule has 1 amide bonds. The molecule has 0 unspecified atom stereocenters. The zero-order valence-corrected chi connectivity index (χ0v) is 16.7. The van der Waals surface area contributed by atoms with Gasteiger partial charge in [-0.2, -0.15) is 13.2 Å². The Labute approximate surface area is 176 Å². The fourth-order valence-electron chi connectivity index (χ4n) is 3.66. The molecule has 8 heteroatoms. The predicted molar refractivity (Wildman–Crippen MR) is 113 cm³/mol. The van der Waals surface area contributed by atoms with E-state index in [0.717, 1.165) is 5.56 Å². The van der Waals surface area contributed by atoms with E-state index in [1.54, 1.807) is 24.3 Å². The lowest BCUT2D eigenvalue weighted by Gasteiger charge is -2.29. The molecule has 3 aromatic carbocycles. The molecule has 4 rings (SSSR count). The summed E-state index contributed by atoms with van der Waals surface area (Å²) in [6.45, 7) is 0. The molecule has 5 nitrogen and oxygen atoms in total. The zero-order chi connectivity index (χ0) is 22.2. The Hall–Kier alpha value is -3.68. The summed E-state index contributed by atoms with van der Waals surface area (Å²) in [5, 5.41) is 4.71. The van der Waals surface area contributed by atoms with Crippen LogP contribution in [0.25, 0.3) is 22.3 Å². The van der Waals surface area contributed by atoms with Crippen molar-refractivity contribution in [2.75, 3.05) is 24.9 Å². The minimum Gasteiger partial charge on any atom is -0.496 e. The van der Waals surface area contributed by atoms with Gasteiger partial charge in [0.1, 0.15) is 11.5 Å². The number of amides is 1. The van der Waals surface area contributed by atoms with Crippen LogP contribution < -0.4 is 20.1 Å². The highest BCUT2D eigenvalue weighted by Crippen LogP contribution is 2.45. The van der Waals surface area contributed by atoms with Gasteiger partial charge < -0.3 is 20.1 Å². The maximum Gasteiger partial charge on any atom is 0.417 e. The third kappa shape index (κ3) is 3.76. The van der Waals surface area contributed by atoms with Gasteiger partial charge in [0, 0.05) is 11.1 Å². The first-order valence-corrected chi connectivity index (χ1v) is 9.42. The Morgan fingerprint density at radius 3 is 1.74 bits per heavy atom. The van der Waals surface area contributed by atoms with Gasteiger partial charge in [0.2, 0.25) is 6.04 Å². The van der Waals surface area contributed by atoms with Gasteiger partial charge in [-0.1, -0.05) is 36.4 Å². The van der Waals surface area contributed by atoms with Crippen LogP contribution in [0.15, 0.2) is 60.7 Å². The first-order valence-electron chi connectivity index (χ1n) is 9.42. The van der Waals surface area contributed by atoms with Gasteiger partial charge in [0.15, 0.2) is 0 Å². The van der Waals surface area contributed by atoms with E-state index in [2.05, 4.69) is 10.6 Å². The lowest BCUT2D eigenvalue weighted by molar-refractivity contribution is -0.156. The molecule has 0 fully saturated rings. The van der Waals surface area contributed by atoms with Crippen LogP contribution in [0.4, 0.5) is 24.5 Å². The summed E-state index contributed by atoms with van der Waals surface area (Å²) in [4.78, 5) is 12.1. The first-order chi connectivity index (χ1) is 14.8. The average Bonchev–Trinajstić information content (AvgIpc) is 2.77. The molecule has 1 aliphatic rings. The number of halogens is 3. The molecule has 1 heterocycles. The fourth-order valence-corrected chi connectivity index (χ4v) is 3.66. The Balaban J connectivity index is 1.97. The third-order valence-electron chi connectivity index (χ3n) is 5.10. The Morgan fingerprint density at radius 2 is 1.26 bits per heavy atom. The molecule has 1 aliphatic heterocycles. The van der Waals surface area contributed by atoms with E-state index in [1.807, 2.05) is 36.4 Å². The van der Waals surface area contributed by atoms with E-state index in [4.69, 9.17) is 9.47 Å². The van der Waals surface area contributed by atoms with Crippen LogP contribution in [0.3, 0.4) is 0 Å².